The van der Waals surface area contributed by atoms with Gasteiger partial charge < -0.3 is 14.7 Å². The van der Waals surface area contributed by atoms with Gasteiger partial charge >= 0.3 is 6.18 Å². The minimum Gasteiger partial charge on any atom is -0.503 e. The highest BCUT2D eigenvalue weighted by Crippen LogP contribution is 2.42. The fourth-order valence-corrected chi connectivity index (χ4v) is 4.99. The highest BCUT2D eigenvalue weighted by molar-refractivity contribution is 7.14. The SMILES string of the molecule is COc1cccc(C2C(C(=O)c3sc(C)nc3C)=C(O)C(=O)N2Cc2cccc(C(F)(F)F)c2)c1. The normalized spacial score (nSPS) is 16.2. The van der Waals surface area contributed by atoms with Crippen molar-refractivity contribution in [3.8, 4) is 5.75 Å². The summed E-state index contributed by atoms with van der Waals surface area (Å²) in [5.74, 6) is -1.69. The Morgan fingerprint density at radius 3 is 2.51 bits per heavy atom. The molecule has 35 heavy (non-hydrogen) atoms. The van der Waals surface area contributed by atoms with Gasteiger partial charge in [0.15, 0.2) is 5.76 Å². The Hall–Kier alpha value is -3.66. The zero-order valence-electron chi connectivity index (χ0n) is 19.0. The molecule has 0 saturated heterocycles. The number of aliphatic hydroxyl groups excluding tert-OH is 1. The third-order valence-electron chi connectivity index (χ3n) is 5.67. The van der Waals surface area contributed by atoms with Gasteiger partial charge in [-0.05, 0) is 49.2 Å². The maximum absolute atomic E-state index is 13.6. The molecule has 1 atom stereocenters. The first kappa shape index (κ1) is 24.5. The first-order valence-electron chi connectivity index (χ1n) is 10.5. The first-order valence-corrected chi connectivity index (χ1v) is 11.4. The molecule has 10 heteroatoms. The minimum atomic E-state index is -4.56. The second kappa shape index (κ2) is 9.18. The molecule has 1 aliphatic rings. The van der Waals surface area contributed by atoms with Crippen molar-refractivity contribution in [1.29, 1.82) is 0 Å². The van der Waals surface area contributed by atoms with Gasteiger partial charge in [-0.15, -0.1) is 11.3 Å². The van der Waals surface area contributed by atoms with Crippen LogP contribution in [0.1, 0.15) is 43.1 Å². The van der Waals surface area contributed by atoms with E-state index < -0.39 is 35.2 Å². The minimum absolute atomic E-state index is 0.151. The molecule has 1 N–H and O–H groups in total. The number of amides is 1. The van der Waals surface area contributed by atoms with Crippen LogP contribution >= 0.6 is 11.3 Å². The monoisotopic (exact) mass is 502 g/mol. The van der Waals surface area contributed by atoms with E-state index in [2.05, 4.69) is 4.98 Å². The highest BCUT2D eigenvalue weighted by Gasteiger charge is 2.44. The van der Waals surface area contributed by atoms with Crippen molar-refractivity contribution in [2.45, 2.75) is 32.6 Å². The van der Waals surface area contributed by atoms with E-state index in [0.717, 1.165) is 23.5 Å². The number of nitrogens with zero attached hydrogens (tertiary/aromatic N) is 2. The molecule has 2 heterocycles. The maximum atomic E-state index is 13.6. The lowest BCUT2D eigenvalue weighted by atomic mass is 9.94. The van der Waals surface area contributed by atoms with Crippen LogP contribution in [0, 0.1) is 13.8 Å². The lowest BCUT2D eigenvalue weighted by Crippen LogP contribution is -2.30. The quantitative estimate of drug-likeness (QED) is 0.446. The molecule has 0 radical (unpaired) electrons. The second-order valence-electron chi connectivity index (χ2n) is 8.05. The fraction of sp³-hybridized carbons (Fsp3) is 0.240. The van der Waals surface area contributed by atoms with Gasteiger partial charge in [-0.3, -0.25) is 9.59 Å². The van der Waals surface area contributed by atoms with Gasteiger partial charge in [0.25, 0.3) is 5.91 Å². The van der Waals surface area contributed by atoms with Crippen molar-refractivity contribution in [1.82, 2.24) is 9.88 Å². The molecule has 0 saturated carbocycles. The Kier molecular flexibility index (Phi) is 6.42. The Balaban J connectivity index is 1.82. The summed E-state index contributed by atoms with van der Waals surface area (Å²) in [5, 5.41) is 11.5. The van der Waals surface area contributed by atoms with Crippen molar-refractivity contribution in [2.75, 3.05) is 7.11 Å². The van der Waals surface area contributed by atoms with Crippen molar-refractivity contribution in [2.24, 2.45) is 0 Å². The standard InChI is InChI=1S/C25H21F3N2O4S/c1-13-23(35-14(2)29-13)21(31)19-20(16-7-5-9-18(11-16)34-3)30(24(33)22(19)32)12-15-6-4-8-17(10-15)25(26,27)28/h4-11,20,32H,12H2,1-3H3. The van der Waals surface area contributed by atoms with Gasteiger partial charge in [0.1, 0.15) is 5.75 Å². The summed E-state index contributed by atoms with van der Waals surface area (Å²) in [6, 6.07) is 10.2. The fourth-order valence-electron chi connectivity index (χ4n) is 4.11. The van der Waals surface area contributed by atoms with Crippen LogP contribution < -0.4 is 4.74 Å². The van der Waals surface area contributed by atoms with Crippen molar-refractivity contribution < 1.29 is 32.6 Å². The van der Waals surface area contributed by atoms with Gasteiger partial charge in [-0.2, -0.15) is 13.2 Å². The summed E-state index contributed by atoms with van der Waals surface area (Å²) in [5.41, 5.74) is 0.125. The number of rotatable bonds is 6. The Bertz CT molecular complexity index is 1350. The second-order valence-corrected chi connectivity index (χ2v) is 9.25. The van der Waals surface area contributed by atoms with E-state index in [1.165, 1.54) is 24.1 Å². The molecule has 1 aromatic heterocycles. The van der Waals surface area contributed by atoms with E-state index in [9.17, 15) is 27.9 Å². The third kappa shape index (κ3) is 4.66. The average Bonchev–Trinajstić information content (AvgIpc) is 3.28. The number of hydrogen-bond acceptors (Lipinski definition) is 6. The number of ketones is 1. The largest absolute Gasteiger partial charge is 0.503 e. The van der Waals surface area contributed by atoms with E-state index in [-0.39, 0.29) is 22.6 Å². The molecule has 2 aromatic carbocycles. The van der Waals surface area contributed by atoms with Gasteiger partial charge in [0.05, 0.1) is 39.9 Å². The Labute approximate surface area is 203 Å². The van der Waals surface area contributed by atoms with Crippen LogP contribution in [-0.2, 0) is 17.5 Å². The molecule has 6 nitrogen and oxygen atoms in total. The average molecular weight is 503 g/mol. The molecule has 1 amide bonds. The number of aryl methyl sites for hydroxylation is 2. The topological polar surface area (TPSA) is 79.7 Å². The van der Waals surface area contributed by atoms with Crippen molar-refractivity contribution in [3.05, 3.63) is 92.1 Å². The number of benzene rings is 2. The number of Topliss-reactive ketones (excluding diaryl/α,β-unsaturated/α-hetero) is 1. The molecule has 0 aliphatic carbocycles. The Morgan fingerprint density at radius 2 is 1.89 bits per heavy atom. The van der Waals surface area contributed by atoms with Crippen LogP contribution in [0.5, 0.6) is 5.75 Å². The summed E-state index contributed by atoms with van der Waals surface area (Å²) in [6.45, 7) is 3.14. The third-order valence-corrected chi connectivity index (χ3v) is 6.75. The van der Waals surface area contributed by atoms with Crippen LogP contribution in [0.25, 0.3) is 0 Å². The molecule has 182 valence electrons. The van der Waals surface area contributed by atoms with Gasteiger partial charge in [0, 0.05) is 6.54 Å². The van der Waals surface area contributed by atoms with E-state index in [1.807, 2.05) is 0 Å². The number of carbonyl (C=O) groups excluding carboxylic acids is 2. The molecule has 4 rings (SSSR count). The zero-order valence-corrected chi connectivity index (χ0v) is 19.8. The van der Waals surface area contributed by atoms with E-state index in [1.54, 1.807) is 38.1 Å². The Morgan fingerprint density at radius 1 is 1.17 bits per heavy atom. The van der Waals surface area contributed by atoms with E-state index in [4.69, 9.17) is 4.74 Å². The number of methoxy groups -OCH3 is 1. The van der Waals surface area contributed by atoms with Crippen LogP contribution in [0.3, 0.4) is 0 Å². The number of carbonyl (C=O) groups is 2. The number of halogens is 3. The number of aliphatic hydroxyl groups is 1. The first-order chi connectivity index (χ1) is 16.5. The van der Waals surface area contributed by atoms with E-state index in [0.29, 0.717) is 22.0 Å². The number of ether oxygens (including phenoxy) is 1. The van der Waals surface area contributed by atoms with E-state index >= 15 is 0 Å². The predicted octanol–water partition coefficient (Wildman–Crippen LogP) is 5.57. The summed E-state index contributed by atoms with van der Waals surface area (Å²) >= 11 is 1.14. The molecular weight excluding hydrogens is 481 g/mol. The molecule has 0 spiro atoms. The highest BCUT2D eigenvalue weighted by atomic mass is 32.1. The maximum Gasteiger partial charge on any atom is 0.416 e. The molecule has 1 unspecified atom stereocenters. The van der Waals surface area contributed by atoms with Gasteiger partial charge in [-0.1, -0.05) is 24.3 Å². The summed E-state index contributed by atoms with van der Waals surface area (Å²) in [6.07, 6.45) is -4.56. The zero-order chi connectivity index (χ0) is 25.5. The van der Waals surface area contributed by atoms with Gasteiger partial charge in [0.2, 0.25) is 5.78 Å². The summed E-state index contributed by atoms with van der Waals surface area (Å²) in [7, 11) is 1.46. The lowest BCUT2D eigenvalue weighted by Gasteiger charge is -2.27. The van der Waals surface area contributed by atoms with Gasteiger partial charge in [-0.25, -0.2) is 4.98 Å². The van der Waals surface area contributed by atoms with Crippen LogP contribution in [-0.4, -0.2) is 33.8 Å². The number of alkyl halides is 3. The molecule has 1 aliphatic heterocycles. The van der Waals surface area contributed by atoms with Crippen LogP contribution in [0.2, 0.25) is 0 Å². The molecule has 0 bridgehead atoms. The summed E-state index contributed by atoms with van der Waals surface area (Å²) in [4.78, 5) is 32.5. The number of thiazole rings is 1. The lowest BCUT2D eigenvalue weighted by molar-refractivity contribution is -0.137. The number of aromatic nitrogens is 1. The molecule has 0 fully saturated rings. The predicted molar refractivity (Wildman–Crippen MR) is 123 cm³/mol. The molecular formula is C25H21F3N2O4S. The number of hydrogen-bond donors (Lipinski definition) is 1. The summed E-state index contributed by atoms with van der Waals surface area (Å²) < 4.78 is 45.0. The van der Waals surface area contributed by atoms with Crippen LogP contribution in [0.15, 0.2) is 59.9 Å². The van der Waals surface area contributed by atoms with Crippen molar-refractivity contribution in [3.63, 3.8) is 0 Å². The van der Waals surface area contributed by atoms with Crippen LogP contribution in [0.4, 0.5) is 13.2 Å². The smallest absolute Gasteiger partial charge is 0.416 e. The molecule has 3 aromatic rings. The van der Waals surface area contributed by atoms with Crippen molar-refractivity contribution >= 4 is 23.0 Å².